The average Bonchev–Trinajstić information content (AvgIpc) is 2.65. The Morgan fingerprint density at radius 3 is 2.59 bits per heavy atom. The predicted octanol–water partition coefficient (Wildman–Crippen LogP) is 5.74. The summed E-state index contributed by atoms with van der Waals surface area (Å²) in [6, 6.07) is 1.89. The Bertz CT molecular complexity index is 812. The van der Waals surface area contributed by atoms with Gasteiger partial charge in [-0.3, -0.25) is 9.59 Å². The van der Waals surface area contributed by atoms with Crippen LogP contribution in [-0.2, 0) is 11.2 Å². The van der Waals surface area contributed by atoms with Gasteiger partial charge >= 0.3 is 0 Å². The topological polar surface area (TPSA) is 43.4 Å². The molecule has 0 aromatic heterocycles. The van der Waals surface area contributed by atoms with E-state index in [-0.39, 0.29) is 11.3 Å². The van der Waals surface area contributed by atoms with Crippen molar-refractivity contribution in [1.29, 1.82) is 0 Å². The number of aryl methyl sites for hydroxylation is 1. The molecule has 27 heavy (non-hydrogen) atoms. The lowest BCUT2D eigenvalue weighted by atomic mass is 9.61. The molecule has 0 amide bonds. The molecule has 0 spiro atoms. The van der Waals surface area contributed by atoms with E-state index in [1.165, 1.54) is 0 Å². The van der Waals surface area contributed by atoms with E-state index >= 15 is 0 Å². The van der Waals surface area contributed by atoms with Gasteiger partial charge in [0.05, 0.1) is 5.02 Å². The highest BCUT2D eigenvalue weighted by molar-refractivity contribution is 6.33. The molecule has 2 unspecified atom stereocenters. The van der Waals surface area contributed by atoms with E-state index in [2.05, 4.69) is 32.9 Å². The molecule has 3 rings (SSSR count). The van der Waals surface area contributed by atoms with E-state index in [0.717, 1.165) is 36.7 Å². The van der Waals surface area contributed by atoms with Crippen LogP contribution in [0.15, 0.2) is 18.2 Å². The summed E-state index contributed by atoms with van der Waals surface area (Å²) in [6.45, 7) is 10.4. The van der Waals surface area contributed by atoms with E-state index in [1.807, 2.05) is 19.9 Å². The Balaban J connectivity index is 1.91. The van der Waals surface area contributed by atoms with Crippen LogP contribution in [0.2, 0.25) is 5.02 Å². The lowest BCUT2D eigenvalue weighted by Gasteiger charge is -2.43. The van der Waals surface area contributed by atoms with Crippen molar-refractivity contribution in [2.75, 3.05) is 0 Å². The number of carbonyl (C=O) groups excluding carboxylic acids is 2. The number of allylic oxidation sites excluding steroid dienone is 1. The minimum atomic E-state index is -0.477. The number of aldehydes is 1. The van der Waals surface area contributed by atoms with Gasteiger partial charge in [-0.05, 0) is 67.7 Å². The molecule has 146 valence electrons. The number of halogens is 1. The summed E-state index contributed by atoms with van der Waals surface area (Å²) in [6.07, 6.45) is 8.40. The third kappa shape index (κ3) is 3.47. The van der Waals surface area contributed by atoms with E-state index in [1.54, 1.807) is 0 Å². The first kappa shape index (κ1) is 20.1. The maximum absolute atomic E-state index is 12.3. The third-order valence-corrected chi connectivity index (χ3v) is 7.49. The van der Waals surface area contributed by atoms with Crippen LogP contribution in [0.1, 0.15) is 68.4 Å². The van der Waals surface area contributed by atoms with Gasteiger partial charge in [-0.1, -0.05) is 38.4 Å². The maximum Gasteiger partial charge on any atom is 0.150 e. The second-order valence-corrected chi connectivity index (χ2v) is 9.13. The van der Waals surface area contributed by atoms with E-state index < -0.39 is 5.60 Å². The summed E-state index contributed by atoms with van der Waals surface area (Å²) >= 11 is 6.51. The third-order valence-electron chi connectivity index (χ3n) is 7.03. The molecule has 4 atom stereocenters. The lowest BCUT2D eigenvalue weighted by Crippen LogP contribution is -2.41. The fourth-order valence-corrected chi connectivity index (χ4v) is 4.60. The first-order valence-corrected chi connectivity index (χ1v) is 10.2. The van der Waals surface area contributed by atoms with Gasteiger partial charge in [-0.15, -0.1) is 0 Å². The van der Waals surface area contributed by atoms with Crippen LogP contribution >= 0.6 is 11.6 Å². The van der Waals surface area contributed by atoms with Gasteiger partial charge in [0.15, 0.2) is 0 Å². The molecule has 1 saturated carbocycles. The SMILES string of the molecule is Cc1c(C=O)cc2c(c1Cl)OC(C)(/C=C/[C@]1(C)C(C)C(=O)CC[C@H]1C)CC2. The quantitative estimate of drug-likeness (QED) is 0.489. The Morgan fingerprint density at radius 2 is 1.93 bits per heavy atom. The maximum atomic E-state index is 12.3. The summed E-state index contributed by atoms with van der Waals surface area (Å²) in [7, 11) is 0. The number of hydrogen-bond acceptors (Lipinski definition) is 3. The molecule has 1 aliphatic heterocycles. The molecule has 3 nitrogen and oxygen atoms in total. The number of carbonyl (C=O) groups is 2. The van der Waals surface area contributed by atoms with Crippen LogP contribution in [0.3, 0.4) is 0 Å². The fraction of sp³-hybridized carbons (Fsp3) is 0.565. The van der Waals surface area contributed by atoms with Gasteiger partial charge in [0.25, 0.3) is 0 Å². The normalized spacial score (nSPS) is 33.6. The molecule has 0 saturated heterocycles. The summed E-state index contributed by atoms with van der Waals surface area (Å²) in [5, 5.41) is 0.523. The summed E-state index contributed by atoms with van der Waals surface area (Å²) in [5.41, 5.74) is 1.72. The first-order valence-electron chi connectivity index (χ1n) is 9.80. The molecule has 0 N–H and O–H groups in total. The van der Waals surface area contributed by atoms with Gasteiger partial charge in [0.2, 0.25) is 0 Å². The Morgan fingerprint density at radius 1 is 1.22 bits per heavy atom. The van der Waals surface area contributed by atoms with Crippen LogP contribution < -0.4 is 4.74 Å². The second kappa shape index (κ2) is 7.09. The largest absolute Gasteiger partial charge is 0.482 e. The van der Waals surface area contributed by atoms with E-state index in [9.17, 15) is 9.59 Å². The van der Waals surface area contributed by atoms with Crippen molar-refractivity contribution in [1.82, 2.24) is 0 Å². The van der Waals surface area contributed by atoms with Crippen LogP contribution in [0.4, 0.5) is 0 Å². The standard InChI is InChI=1S/C23H29ClO3/c1-14-6-7-19(26)16(3)23(14,5)11-10-22(4)9-8-17-12-18(13-25)15(2)20(24)21(17)27-22/h10-14,16H,6-9H2,1-5H3/b11-10+/t14-,16?,22?,23+/m1/s1. The minimum Gasteiger partial charge on any atom is -0.482 e. The number of Topliss-reactive ketones (excluding diaryl/α,β-unsaturated/α-hetero) is 1. The van der Waals surface area contributed by atoms with Gasteiger partial charge in [0.1, 0.15) is 23.4 Å². The Hall–Kier alpha value is -1.61. The molecular weight excluding hydrogens is 360 g/mol. The van der Waals surface area contributed by atoms with Crippen LogP contribution in [-0.4, -0.2) is 17.7 Å². The van der Waals surface area contributed by atoms with Gasteiger partial charge < -0.3 is 4.74 Å². The van der Waals surface area contributed by atoms with Crippen molar-refractivity contribution in [3.63, 3.8) is 0 Å². The number of ketones is 1. The van der Waals surface area contributed by atoms with Gasteiger partial charge in [-0.2, -0.15) is 0 Å². The highest BCUT2D eigenvalue weighted by Crippen LogP contribution is 2.46. The van der Waals surface area contributed by atoms with Crippen molar-refractivity contribution in [2.24, 2.45) is 17.3 Å². The van der Waals surface area contributed by atoms with Crippen molar-refractivity contribution in [3.05, 3.63) is 39.9 Å². The van der Waals surface area contributed by atoms with Crippen molar-refractivity contribution in [3.8, 4) is 5.75 Å². The molecule has 2 aliphatic rings. The lowest BCUT2D eigenvalue weighted by molar-refractivity contribution is -0.129. The molecule has 1 heterocycles. The number of hydrogen-bond donors (Lipinski definition) is 0. The van der Waals surface area contributed by atoms with Gasteiger partial charge in [-0.25, -0.2) is 0 Å². The van der Waals surface area contributed by atoms with Gasteiger partial charge in [0, 0.05) is 17.9 Å². The molecule has 0 bridgehead atoms. The van der Waals surface area contributed by atoms with Crippen molar-refractivity contribution >= 4 is 23.7 Å². The van der Waals surface area contributed by atoms with Crippen molar-refractivity contribution in [2.45, 2.75) is 65.9 Å². The summed E-state index contributed by atoms with van der Waals surface area (Å²) in [5.74, 6) is 1.49. The highest BCUT2D eigenvalue weighted by Gasteiger charge is 2.42. The second-order valence-electron chi connectivity index (χ2n) is 8.75. The zero-order valence-electron chi connectivity index (χ0n) is 16.9. The van der Waals surface area contributed by atoms with Crippen molar-refractivity contribution < 1.29 is 14.3 Å². The summed E-state index contributed by atoms with van der Waals surface area (Å²) in [4.78, 5) is 23.5. The van der Waals surface area contributed by atoms with Crippen LogP contribution in [0, 0.1) is 24.2 Å². The Kier molecular flexibility index (Phi) is 5.28. The van der Waals surface area contributed by atoms with Crippen LogP contribution in [0.5, 0.6) is 5.75 Å². The number of benzene rings is 1. The molecule has 4 heteroatoms. The molecule has 1 aliphatic carbocycles. The molecule has 1 fully saturated rings. The number of rotatable bonds is 3. The number of ether oxygens (including phenoxy) is 1. The Labute approximate surface area is 167 Å². The fourth-order valence-electron chi connectivity index (χ4n) is 4.33. The molecule has 1 aromatic carbocycles. The number of fused-ring (bicyclic) bond motifs is 1. The zero-order chi connectivity index (χ0) is 20.0. The smallest absolute Gasteiger partial charge is 0.150 e. The molecule has 0 radical (unpaired) electrons. The summed E-state index contributed by atoms with van der Waals surface area (Å²) < 4.78 is 6.34. The minimum absolute atomic E-state index is 0.0120. The average molecular weight is 389 g/mol. The van der Waals surface area contributed by atoms with E-state index in [4.69, 9.17) is 16.3 Å². The highest BCUT2D eigenvalue weighted by atomic mass is 35.5. The zero-order valence-corrected chi connectivity index (χ0v) is 17.7. The monoisotopic (exact) mass is 388 g/mol. The van der Waals surface area contributed by atoms with Crippen LogP contribution in [0.25, 0.3) is 0 Å². The predicted molar refractivity (Wildman–Crippen MR) is 109 cm³/mol. The first-order chi connectivity index (χ1) is 12.6. The molecule has 1 aromatic rings. The van der Waals surface area contributed by atoms with E-state index in [0.29, 0.717) is 34.5 Å². The molecular formula is C23H29ClO3.